The molecule has 3 nitrogen and oxygen atoms in total. The lowest BCUT2D eigenvalue weighted by molar-refractivity contribution is -0.0487. The van der Waals surface area contributed by atoms with Crippen LogP contribution in [-0.2, 0) is 12.0 Å². The highest BCUT2D eigenvalue weighted by atomic mass is 16.3. The molecular weight excluding hydrogens is 392 g/mol. The van der Waals surface area contributed by atoms with Gasteiger partial charge in [-0.05, 0) is 66.7 Å². The predicted molar refractivity (Wildman–Crippen MR) is 131 cm³/mol. The lowest BCUT2D eigenvalue weighted by atomic mass is 9.63. The van der Waals surface area contributed by atoms with E-state index in [4.69, 9.17) is 0 Å². The molecule has 2 fully saturated rings. The van der Waals surface area contributed by atoms with Gasteiger partial charge in [-0.1, -0.05) is 60.7 Å². The number of aromatic amines is 1. The molecule has 0 radical (unpaired) electrons. The summed E-state index contributed by atoms with van der Waals surface area (Å²) in [5, 5.41) is 12.5. The van der Waals surface area contributed by atoms with Gasteiger partial charge >= 0.3 is 0 Å². The first-order chi connectivity index (χ1) is 15.7. The molecular formula is C29H32N2O. The standard InChI is InChI=1S/C29H32N2O/c1-2-13-29-18-22-17-27(32)21(15-20-8-4-3-5-9-20)16-23(22)19-31(29)14-12-25-24-10-6-7-11-26(24)30-28(25)29/h2-11,15,22-23,27,30,32H,1,12-14,16-19H2/t22-,23+,27+,29?/m1/s1. The SMILES string of the molecule is C=CCC12C[C@H]3C[C@H](O)C(=Cc4ccccc4)C[C@H]3CN1CCc1c2[nH]c2ccccc12. The van der Waals surface area contributed by atoms with Gasteiger partial charge in [0.1, 0.15) is 0 Å². The molecule has 2 aromatic carbocycles. The van der Waals surface area contributed by atoms with Gasteiger partial charge in [0, 0.05) is 29.7 Å². The average molecular weight is 425 g/mol. The Bertz CT molecular complexity index is 1180. The van der Waals surface area contributed by atoms with Crippen LogP contribution in [0.25, 0.3) is 17.0 Å². The summed E-state index contributed by atoms with van der Waals surface area (Å²) in [7, 11) is 0. The molecule has 3 aromatic rings. The fourth-order valence-electron chi connectivity index (χ4n) is 6.86. The second-order valence-corrected chi connectivity index (χ2v) is 10.1. The van der Waals surface area contributed by atoms with Crippen LogP contribution in [0.5, 0.6) is 0 Å². The van der Waals surface area contributed by atoms with E-state index in [2.05, 4.69) is 77.1 Å². The smallest absolute Gasteiger partial charge is 0.0756 e. The zero-order valence-electron chi connectivity index (χ0n) is 18.6. The van der Waals surface area contributed by atoms with Gasteiger partial charge in [-0.3, -0.25) is 4.90 Å². The third-order valence-electron chi connectivity index (χ3n) is 8.32. The first-order valence-corrected chi connectivity index (χ1v) is 12.1. The number of hydrogen-bond donors (Lipinski definition) is 2. The fourth-order valence-corrected chi connectivity index (χ4v) is 6.86. The highest BCUT2D eigenvalue weighted by Crippen LogP contribution is 2.53. The Morgan fingerprint density at radius 1 is 1.09 bits per heavy atom. The van der Waals surface area contributed by atoms with Gasteiger partial charge in [-0.15, -0.1) is 6.58 Å². The van der Waals surface area contributed by atoms with Crippen LogP contribution in [0.1, 0.15) is 42.5 Å². The molecule has 3 heterocycles. The summed E-state index contributed by atoms with van der Waals surface area (Å²) < 4.78 is 0. The van der Waals surface area contributed by atoms with Crippen molar-refractivity contribution in [3.05, 3.63) is 89.6 Å². The third-order valence-corrected chi connectivity index (χ3v) is 8.32. The molecule has 164 valence electrons. The van der Waals surface area contributed by atoms with Crippen LogP contribution in [-0.4, -0.2) is 34.2 Å². The Labute approximate surface area is 190 Å². The first-order valence-electron chi connectivity index (χ1n) is 12.1. The van der Waals surface area contributed by atoms with Crippen LogP contribution in [0.2, 0.25) is 0 Å². The Morgan fingerprint density at radius 2 is 1.91 bits per heavy atom. The Balaban J connectivity index is 1.36. The number of aliphatic hydroxyl groups excluding tert-OH is 1. The van der Waals surface area contributed by atoms with E-state index < -0.39 is 0 Å². The molecule has 32 heavy (non-hydrogen) atoms. The van der Waals surface area contributed by atoms with Gasteiger partial charge in [-0.25, -0.2) is 0 Å². The number of fused-ring (bicyclic) bond motifs is 6. The number of H-pyrrole nitrogens is 1. The summed E-state index contributed by atoms with van der Waals surface area (Å²) in [4.78, 5) is 6.57. The number of benzene rings is 2. The fraction of sp³-hybridized carbons (Fsp3) is 0.379. The first kappa shape index (κ1) is 20.0. The summed E-state index contributed by atoms with van der Waals surface area (Å²) >= 11 is 0. The highest BCUT2D eigenvalue weighted by molar-refractivity contribution is 5.85. The zero-order valence-corrected chi connectivity index (χ0v) is 18.6. The van der Waals surface area contributed by atoms with Crippen molar-refractivity contribution in [2.75, 3.05) is 13.1 Å². The molecule has 6 rings (SSSR count). The number of para-hydroxylation sites is 1. The maximum absolute atomic E-state index is 11.1. The lowest BCUT2D eigenvalue weighted by Crippen LogP contribution is -2.59. The van der Waals surface area contributed by atoms with Crippen molar-refractivity contribution in [2.24, 2.45) is 11.8 Å². The Kier molecular flexibility index (Phi) is 4.85. The van der Waals surface area contributed by atoms with Crippen LogP contribution in [0.4, 0.5) is 0 Å². The number of aromatic nitrogens is 1. The van der Waals surface area contributed by atoms with Crippen LogP contribution in [0, 0.1) is 11.8 Å². The number of nitrogens with zero attached hydrogens (tertiary/aromatic N) is 1. The topological polar surface area (TPSA) is 39.3 Å². The lowest BCUT2D eigenvalue weighted by Gasteiger charge is -2.56. The number of rotatable bonds is 3. The third kappa shape index (κ3) is 3.10. The molecule has 0 bridgehead atoms. The monoisotopic (exact) mass is 424 g/mol. The summed E-state index contributed by atoms with van der Waals surface area (Å²) in [6.45, 7) is 6.35. The molecule has 1 aromatic heterocycles. The van der Waals surface area contributed by atoms with Crippen LogP contribution < -0.4 is 0 Å². The van der Waals surface area contributed by atoms with E-state index in [9.17, 15) is 5.11 Å². The predicted octanol–water partition coefficient (Wildman–Crippen LogP) is 5.67. The second kappa shape index (κ2) is 7.75. The zero-order chi connectivity index (χ0) is 21.7. The van der Waals surface area contributed by atoms with E-state index in [-0.39, 0.29) is 11.6 Å². The van der Waals surface area contributed by atoms with E-state index in [0.29, 0.717) is 11.8 Å². The van der Waals surface area contributed by atoms with Gasteiger partial charge in [0.2, 0.25) is 0 Å². The van der Waals surface area contributed by atoms with Crippen molar-refractivity contribution < 1.29 is 5.11 Å². The minimum atomic E-state index is -0.338. The molecule has 3 aliphatic rings. The van der Waals surface area contributed by atoms with E-state index in [1.165, 1.54) is 33.3 Å². The summed E-state index contributed by atoms with van der Waals surface area (Å²) in [6, 6.07) is 19.2. The van der Waals surface area contributed by atoms with Crippen molar-refractivity contribution in [3.8, 4) is 0 Å². The van der Waals surface area contributed by atoms with Gasteiger partial charge < -0.3 is 10.1 Å². The molecule has 0 spiro atoms. The molecule has 1 saturated heterocycles. The molecule has 2 N–H and O–H groups in total. The molecule has 0 amide bonds. The highest BCUT2D eigenvalue weighted by Gasteiger charge is 2.51. The largest absolute Gasteiger partial charge is 0.389 e. The molecule has 1 saturated carbocycles. The molecule has 2 aliphatic heterocycles. The molecule has 1 unspecified atom stereocenters. The minimum Gasteiger partial charge on any atom is -0.389 e. The maximum atomic E-state index is 11.1. The van der Waals surface area contributed by atoms with Crippen LogP contribution in [0.15, 0.2) is 72.8 Å². The summed E-state index contributed by atoms with van der Waals surface area (Å²) in [5.41, 5.74) is 6.54. The minimum absolute atomic E-state index is 0.0180. The summed E-state index contributed by atoms with van der Waals surface area (Å²) in [6.07, 6.45) is 9.01. The molecule has 1 aliphatic carbocycles. The van der Waals surface area contributed by atoms with Crippen molar-refractivity contribution >= 4 is 17.0 Å². The molecule has 3 heteroatoms. The number of aliphatic hydroxyl groups is 1. The van der Waals surface area contributed by atoms with Crippen LogP contribution >= 0.6 is 0 Å². The van der Waals surface area contributed by atoms with Gasteiger partial charge in [-0.2, -0.15) is 0 Å². The second-order valence-electron chi connectivity index (χ2n) is 10.1. The van der Waals surface area contributed by atoms with E-state index in [1.54, 1.807) is 0 Å². The van der Waals surface area contributed by atoms with E-state index in [1.807, 2.05) is 6.07 Å². The van der Waals surface area contributed by atoms with Crippen molar-refractivity contribution in [1.29, 1.82) is 0 Å². The van der Waals surface area contributed by atoms with Crippen LogP contribution in [0.3, 0.4) is 0 Å². The van der Waals surface area contributed by atoms with E-state index >= 15 is 0 Å². The summed E-state index contributed by atoms with van der Waals surface area (Å²) in [5.74, 6) is 1.14. The van der Waals surface area contributed by atoms with Gasteiger partial charge in [0.15, 0.2) is 0 Å². The van der Waals surface area contributed by atoms with Crippen molar-refractivity contribution in [2.45, 2.75) is 43.7 Å². The molecule has 4 atom stereocenters. The van der Waals surface area contributed by atoms with Crippen molar-refractivity contribution in [3.63, 3.8) is 0 Å². The number of piperidine rings is 1. The maximum Gasteiger partial charge on any atom is 0.0756 e. The normalized spacial score (nSPS) is 31.2. The quantitative estimate of drug-likeness (QED) is 0.532. The Morgan fingerprint density at radius 3 is 2.75 bits per heavy atom. The Hall–Kier alpha value is -2.62. The van der Waals surface area contributed by atoms with E-state index in [0.717, 1.165) is 45.2 Å². The van der Waals surface area contributed by atoms with Gasteiger partial charge in [0.25, 0.3) is 0 Å². The number of nitrogens with one attached hydrogen (secondary N) is 1. The van der Waals surface area contributed by atoms with Gasteiger partial charge in [0.05, 0.1) is 11.6 Å². The van der Waals surface area contributed by atoms with Crippen molar-refractivity contribution in [1.82, 2.24) is 9.88 Å². The average Bonchev–Trinajstić information content (AvgIpc) is 3.19. The number of hydrogen-bond acceptors (Lipinski definition) is 2.